The molecule has 0 spiro atoms. The summed E-state index contributed by atoms with van der Waals surface area (Å²) in [5.74, 6) is 0.284. The Morgan fingerprint density at radius 1 is 1.16 bits per heavy atom. The van der Waals surface area contributed by atoms with Crippen LogP contribution in [0.25, 0.3) is 15.9 Å². The highest BCUT2D eigenvalue weighted by atomic mass is 35.5. The van der Waals surface area contributed by atoms with Crippen molar-refractivity contribution in [1.29, 1.82) is 0 Å². The van der Waals surface area contributed by atoms with Crippen molar-refractivity contribution in [3.05, 3.63) is 57.3 Å². The lowest BCUT2D eigenvalue weighted by atomic mass is 10.1. The number of benzene rings is 2. The average Bonchev–Trinajstić information content (AvgIpc) is 3.48. The SMILES string of the molecule is O=C(O)c1cc(O[C@@H]2CCOC2)c2nc(N3C[C@@H]4C[C@H]3C[C@H]4OCc3c(C4CC4)nnn3-c3c(Cl)cccc3Cl)sc2c1. The van der Waals surface area contributed by atoms with Gasteiger partial charge in [-0.15, -0.1) is 5.10 Å². The number of rotatable bonds is 9. The molecule has 0 radical (unpaired) electrons. The third-order valence-corrected chi connectivity index (χ3v) is 10.6. The number of ether oxygens (including phenoxy) is 3. The first-order valence-corrected chi connectivity index (χ1v) is 16.2. The second-order valence-corrected chi connectivity index (χ2v) is 13.6. The molecule has 4 atom stereocenters. The van der Waals surface area contributed by atoms with E-state index in [9.17, 15) is 9.90 Å². The summed E-state index contributed by atoms with van der Waals surface area (Å²) < 4.78 is 20.8. The molecule has 13 heteroatoms. The van der Waals surface area contributed by atoms with Crippen molar-refractivity contribution in [2.75, 3.05) is 24.7 Å². The lowest BCUT2D eigenvalue weighted by Gasteiger charge is -2.31. The minimum atomic E-state index is -0.984. The fourth-order valence-electron chi connectivity index (χ4n) is 6.63. The molecule has 10 nitrogen and oxygen atoms in total. The van der Waals surface area contributed by atoms with Crippen LogP contribution in [-0.2, 0) is 16.1 Å². The normalized spacial score (nSPS) is 24.8. The minimum Gasteiger partial charge on any atom is -0.486 e. The lowest BCUT2D eigenvalue weighted by molar-refractivity contribution is 0.00991. The van der Waals surface area contributed by atoms with Gasteiger partial charge in [0.2, 0.25) is 0 Å². The Bertz CT molecular complexity index is 1700. The van der Waals surface area contributed by atoms with Gasteiger partial charge >= 0.3 is 5.97 Å². The van der Waals surface area contributed by atoms with Crippen molar-refractivity contribution in [3.63, 3.8) is 0 Å². The van der Waals surface area contributed by atoms with E-state index in [0.717, 1.165) is 59.9 Å². The molecule has 2 aliphatic heterocycles. The molecule has 2 saturated carbocycles. The van der Waals surface area contributed by atoms with E-state index in [-0.39, 0.29) is 17.8 Å². The summed E-state index contributed by atoms with van der Waals surface area (Å²) in [6.07, 6.45) is 4.89. The predicted octanol–water partition coefficient (Wildman–Crippen LogP) is 6.11. The lowest BCUT2D eigenvalue weighted by Crippen LogP contribution is -2.38. The van der Waals surface area contributed by atoms with Gasteiger partial charge in [0.1, 0.15) is 23.1 Å². The van der Waals surface area contributed by atoms with Gasteiger partial charge < -0.3 is 24.2 Å². The van der Waals surface area contributed by atoms with Gasteiger partial charge in [-0.1, -0.05) is 45.8 Å². The number of halogens is 2. The van der Waals surface area contributed by atoms with Crippen LogP contribution < -0.4 is 9.64 Å². The molecular weight excluding hydrogens is 613 g/mol. The Morgan fingerprint density at radius 2 is 2.00 bits per heavy atom. The smallest absolute Gasteiger partial charge is 0.335 e. The van der Waals surface area contributed by atoms with Crippen LogP contribution in [0.15, 0.2) is 30.3 Å². The second kappa shape index (κ2) is 10.9. The number of carboxylic acids is 1. The maximum atomic E-state index is 11.8. The van der Waals surface area contributed by atoms with Gasteiger partial charge in [-0.3, -0.25) is 0 Å². The quantitative estimate of drug-likeness (QED) is 0.231. The Hall–Kier alpha value is -2.96. The van der Waals surface area contributed by atoms with E-state index in [0.29, 0.717) is 64.7 Å². The zero-order valence-electron chi connectivity index (χ0n) is 23.1. The molecule has 2 aromatic carbocycles. The largest absolute Gasteiger partial charge is 0.486 e. The third kappa shape index (κ3) is 5.04. The average molecular weight is 643 g/mol. The van der Waals surface area contributed by atoms with Gasteiger partial charge in [0.05, 0.1) is 57.6 Å². The van der Waals surface area contributed by atoms with Crippen LogP contribution in [0.1, 0.15) is 59.8 Å². The van der Waals surface area contributed by atoms with E-state index in [1.807, 2.05) is 6.07 Å². The highest BCUT2D eigenvalue weighted by Gasteiger charge is 2.46. The Labute approximate surface area is 261 Å². The van der Waals surface area contributed by atoms with Gasteiger partial charge in [-0.05, 0) is 49.9 Å². The molecule has 4 aliphatic rings. The zero-order chi connectivity index (χ0) is 29.2. The van der Waals surface area contributed by atoms with Gasteiger partial charge in [-0.2, -0.15) is 0 Å². The van der Waals surface area contributed by atoms with Crippen LogP contribution in [-0.4, -0.2) is 69.1 Å². The summed E-state index contributed by atoms with van der Waals surface area (Å²) in [5, 5.41) is 20.6. The van der Waals surface area contributed by atoms with Gasteiger partial charge in [0.15, 0.2) is 5.13 Å². The van der Waals surface area contributed by atoms with Gasteiger partial charge in [-0.25, -0.2) is 14.5 Å². The van der Waals surface area contributed by atoms with Crippen molar-refractivity contribution in [2.24, 2.45) is 5.92 Å². The number of fused-ring (bicyclic) bond motifs is 3. The molecule has 8 rings (SSSR count). The maximum absolute atomic E-state index is 11.8. The number of hydrogen-bond donors (Lipinski definition) is 1. The summed E-state index contributed by atoms with van der Waals surface area (Å²) in [6.45, 7) is 2.36. The molecule has 2 bridgehead atoms. The molecule has 2 aliphatic carbocycles. The molecule has 4 heterocycles. The number of carboxylic acid groups (broad SMARTS) is 1. The van der Waals surface area contributed by atoms with Crippen LogP contribution in [0, 0.1) is 5.92 Å². The molecule has 0 amide bonds. The van der Waals surface area contributed by atoms with Gasteiger partial charge in [0, 0.05) is 30.8 Å². The highest BCUT2D eigenvalue weighted by molar-refractivity contribution is 7.22. The first-order chi connectivity index (χ1) is 20.9. The van der Waals surface area contributed by atoms with Gasteiger partial charge in [0.25, 0.3) is 0 Å². The monoisotopic (exact) mass is 641 g/mol. The van der Waals surface area contributed by atoms with E-state index in [2.05, 4.69) is 15.2 Å². The summed E-state index contributed by atoms with van der Waals surface area (Å²) in [7, 11) is 0. The molecule has 4 fully saturated rings. The maximum Gasteiger partial charge on any atom is 0.335 e. The molecule has 2 saturated heterocycles. The summed E-state index contributed by atoms with van der Waals surface area (Å²) in [6, 6.07) is 9.00. The number of anilines is 1. The number of aromatic nitrogens is 4. The number of piperidine rings is 1. The van der Waals surface area contributed by atoms with Crippen LogP contribution in [0.2, 0.25) is 10.0 Å². The van der Waals surface area contributed by atoms with E-state index >= 15 is 0 Å². The number of thiazole rings is 1. The number of para-hydroxylation sites is 1. The van der Waals surface area contributed by atoms with Crippen molar-refractivity contribution < 1.29 is 24.1 Å². The zero-order valence-corrected chi connectivity index (χ0v) is 25.4. The third-order valence-electron chi connectivity index (χ3n) is 8.94. The van der Waals surface area contributed by atoms with Crippen molar-refractivity contribution in [2.45, 2.75) is 62.9 Å². The Balaban J connectivity index is 1.00. The molecule has 4 aromatic rings. The van der Waals surface area contributed by atoms with Crippen LogP contribution in [0.3, 0.4) is 0 Å². The molecular formula is C30H29Cl2N5O5S. The fourth-order valence-corrected chi connectivity index (χ4v) is 8.29. The number of hydrogen-bond acceptors (Lipinski definition) is 9. The highest BCUT2D eigenvalue weighted by Crippen LogP contribution is 2.46. The summed E-state index contributed by atoms with van der Waals surface area (Å²) in [5.41, 5.74) is 3.43. The van der Waals surface area contributed by atoms with E-state index < -0.39 is 5.97 Å². The van der Waals surface area contributed by atoms with Crippen molar-refractivity contribution in [1.82, 2.24) is 20.0 Å². The predicted molar refractivity (Wildman–Crippen MR) is 162 cm³/mol. The molecule has 224 valence electrons. The second-order valence-electron chi connectivity index (χ2n) is 11.8. The first kappa shape index (κ1) is 27.6. The van der Waals surface area contributed by atoms with Crippen molar-refractivity contribution in [3.8, 4) is 11.4 Å². The molecule has 1 N–H and O–H groups in total. The standard InChI is InChI=1S/C30H29Cl2N5O5S/c31-20-2-1-3-21(32)28(20)37-22(26(34-35-37)15-4-5-15)14-41-23-11-18-8-17(23)12-36(18)30-33-27-24(42-19-6-7-40-13-19)9-16(29(38)39)10-25(27)43-30/h1-3,9-10,15,17-19,23H,4-8,11-14H2,(H,38,39)/t17-,18-,19+,23+/m0/s1. The molecule has 0 unspecified atom stereocenters. The molecule has 43 heavy (non-hydrogen) atoms. The van der Waals surface area contributed by atoms with Crippen LogP contribution in [0.4, 0.5) is 5.13 Å². The Morgan fingerprint density at radius 3 is 2.70 bits per heavy atom. The topological polar surface area (TPSA) is 112 Å². The Kier molecular flexibility index (Phi) is 6.98. The van der Waals surface area contributed by atoms with Crippen LogP contribution >= 0.6 is 34.5 Å². The van der Waals surface area contributed by atoms with E-state index in [1.165, 1.54) is 11.3 Å². The van der Waals surface area contributed by atoms with E-state index in [1.54, 1.807) is 28.9 Å². The van der Waals surface area contributed by atoms with E-state index in [4.69, 9.17) is 42.4 Å². The minimum absolute atomic E-state index is 0.0982. The summed E-state index contributed by atoms with van der Waals surface area (Å²) >= 11 is 14.6. The number of carbonyl (C=O) groups is 1. The molecule has 2 aromatic heterocycles. The van der Waals surface area contributed by atoms with Crippen LogP contribution in [0.5, 0.6) is 5.75 Å². The fraction of sp³-hybridized carbons (Fsp3) is 0.467. The number of nitrogens with zero attached hydrogens (tertiary/aromatic N) is 5. The first-order valence-electron chi connectivity index (χ1n) is 14.6. The number of aromatic carboxylic acids is 1. The van der Waals surface area contributed by atoms with Crippen molar-refractivity contribution >= 4 is 55.9 Å². The summed E-state index contributed by atoms with van der Waals surface area (Å²) in [4.78, 5) is 19.2.